The Hall–Kier alpha value is -2.54. The van der Waals surface area contributed by atoms with E-state index >= 15 is 0 Å². The number of para-hydroxylation sites is 1. The maximum absolute atomic E-state index is 12.4. The average molecular weight is 511 g/mol. The van der Waals surface area contributed by atoms with Gasteiger partial charge in [0.15, 0.2) is 0 Å². The molecule has 5 nitrogen and oxygen atoms in total. The first-order valence-corrected chi connectivity index (χ1v) is 14.3. The summed E-state index contributed by atoms with van der Waals surface area (Å²) in [7, 11) is -3.41. The number of sulfonamides is 1. The van der Waals surface area contributed by atoms with Crippen molar-refractivity contribution >= 4 is 27.3 Å². The van der Waals surface area contributed by atoms with E-state index in [0.717, 1.165) is 36.6 Å². The van der Waals surface area contributed by atoms with Crippen LogP contribution in [0.5, 0.6) is 5.75 Å². The monoisotopic (exact) mass is 510 g/mol. The van der Waals surface area contributed by atoms with Crippen LogP contribution in [-0.4, -0.2) is 27.3 Å². The van der Waals surface area contributed by atoms with Gasteiger partial charge in [0.05, 0.1) is 12.4 Å². The minimum Gasteiger partial charge on any atom is -0.494 e. The van der Waals surface area contributed by atoms with Gasteiger partial charge in [-0.2, -0.15) is 0 Å². The fourth-order valence-corrected chi connectivity index (χ4v) is 6.59. The van der Waals surface area contributed by atoms with Crippen molar-refractivity contribution in [2.45, 2.75) is 43.6 Å². The molecule has 7 heteroatoms. The topological polar surface area (TPSA) is 67.4 Å². The summed E-state index contributed by atoms with van der Waals surface area (Å²) in [5, 5.41) is 4.55. The highest BCUT2D eigenvalue weighted by atomic mass is 35.5. The molecule has 0 radical (unpaired) electrons. The Morgan fingerprint density at radius 1 is 1.03 bits per heavy atom. The minimum absolute atomic E-state index is 0.0106. The summed E-state index contributed by atoms with van der Waals surface area (Å²) in [6.45, 7) is 1.30. The lowest BCUT2D eigenvalue weighted by Crippen LogP contribution is -2.49. The number of fused-ring (bicyclic) bond motifs is 1. The molecule has 0 spiro atoms. The van der Waals surface area contributed by atoms with E-state index in [-0.39, 0.29) is 17.2 Å². The SMILES string of the molecule is O=S(=O)(CCCOc1ccc2c(c1)C(C1(c3ccc(Cl)cc3)CCC1)NCC2)Nc1ccccc1. The minimum atomic E-state index is -3.41. The van der Waals surface area contributed by atoms with E-state index in [2.05, 4.69) is 34.3 Å². The Morgan fingerprint density at radius 3 is 2.51 bits per heavy atom. The summed E-state index contributed by atoms with van der Waals surface area (Å²) in [5.41, 5.74) is 4.63. The van der Waals surface area contributed by atoms with E-state index in [9.17, 15) is 8.42 Å². The highest BCUT2D eigenvalue weighted by molar-refractivity contribution is 7.92. The Balaban J connectivity index is 1.26. The van der Waals surface area contributed by atoms with Crippen molar-refractivity contribution in [3.05, 3.63) is 94.5 Å². The maximum Gasteiger partial charge on any atom is 0.232 e. The van der Waals surface area contributed by atoms with Gasteiger partial charge in [0, 0.05) is 22.2 Å². The van der Waals surface area contributed by atoms with Gasteiger partial charge < -0.3 is 10.1 Å². The molecule has 0 saturated heterocycles. The van der Waals surface area contributed by atoms with Crippen LogP contribution in [-0.2, 0) is 21.9 Å². The lowest BCUT2D eigenvalue weighted by atomic mass is 9.58. The standard InChI is InChI=1S/C28H31ClN2O3S/c29-23-11-9-22(10-12-23)28(15-4-16-28)27-26-20-25(13-8-21(26)14-17-30-27)34-18-5-19-35(32,33)31-24-6-2-1-3-7-24/h1-3,6-13,20,27,30-31H,4-5,14-19H2. The Labute approximate surface area is 212 Å². The number of nitrogens with one attached hydrogen (secondary N) is 2. The van der Waals surface area contributed by atoms with Gasteiger partial charge in [-0.3, -0.25) is 4.72 Å². The van der Waals surface area contributed by atoms with Crippen LogP contribution in [0.3, 0.4) is 0 Å². The van der Waals surface area contributed by atoms with Gasteiger partial charge in [-0.15, -0.1) is 0 Å². The second-order valence-electron chi connectivity index (χ2n) is 9.50. The zero-order valence-electron chi connectivity index (χ0n) is 19.7. The predicted octanol–water partition coefficient (Wildman–Crippen LogP) is 5.86. The van der Waals surface area contributed by atoms with Gasteiger partial charge in [-0.05, 0) is 85.3 Å². The molecule has 1 fully saturated rings. The van der Waals surface area contributed by atoms with Crippen molar-refractivity contribution in [2.75, 3.05) is 23.6 Å². The molecule has 1 aliphatic carbocycles. The molecule has 0 bridgehead atoms. The van der Waals surface area contributed by atoms with Crippen LogP contribution in [0.25, 0.3) is 0 Å². The quantitative estimate of drug-likeness (QED) is 0.354. The first-order valence-electron chi connectivity index (χ1n) is 12.3. The molecule has 5 rings (SSSR count). The van der Waals surface area contributed by atoms with Gasteiger partial charge >= 0.3 is 0 Å². The summed E-state index contributed by atoms with van der Waals surface area (Å²) >= 11 is 6.17. The average Bonchev–Trinajstić information content (AvgIpc) is 2.83. The van der Waals surface area contributed by atoms with Crippen molar-refractivity contribution in [1.82, 2.24) is 5.32 Å². The van der Waals surface area contributed by atoms with E-state index in [1.54, 1.807) is 24.3 Å². The van der Waals surface area contributed by atoms with Gasteiger partial charge in [0.25, 0.3) is 0 Å². The third-order valence-electron chi connectivity index (χ3n) is 7.26. The third-order valence-corrected chi connectivity index (χ3v) is 8.89. The Kier molecular flexibility index (Phi) is 7.05. The molecule has 3 aromatic rings. The Morgan fingerprint density at radius 2 is 1.80 bits per heavy atom. The van der Waals surface area contributed by atoms with E-state index in [1.165, 1.54) is 23.1 Å². The van der Waals surface area contributed by atoms with Crippen molar-refractivity contribution in [3.63, 3.8) is 0 Å². The molecular weight excluding hydrogens is 480 g/mol. The molecule has 1 heterocycles. The van der Waals surface area contributed by atoms with E-state index in [4.69, 9.17) is 16.3 Å². The van der Waals surface area contributed by atoms with E-state index in [1.807, 2.05) is 24.3 Å². The van der Waals surface area contributed by atoms with Gasteiger partial charge in [0.2, 0.25) is 10.0 Å². The van der Waals surface area contributed by atoms with Gasteiger partial charge in [-0.25, -0.2) is 8.42 Å². The number of halogens is 1. The van der Waals surface area contributed by atoms with Crippen LogP contribution >= 0.6 is 11.6 Å². The highest BCUT2D eigenvalue weighted by Gasteiger charge is 2.47. The summed E-state index contributed by atoms with van der Waals surface area (Å²) in [6.07, 6.45) is 4.91. The van der Waals surface area contributed by atoms with Crippen LogP contribution < -0.4 is 14.8 Å². The van der Waals surface area contributed by atoms with E-state index < -0.39 is 10.0 Å². The normalized spacial score (nSPS) is 18.8. The first kappa shape index (κ1) is 24.2. The molecule has 3 aromatic carbocycles. The number of rotatable bonds is 9. The lowest BCUT2D eigenvalue weighted by molar-refractivity contribution is 0.164. The van der Waals surface area contributed by atoms with Crippen LogP contribution in [0.2, 0.25) is 5.02 Å². The van der Waals surface area contributed by atoms with Crippen LogP contribution in [0.15, 0.2) is 72.8 Å². The Bertz CT molecular complexity index is 1260. The molecule has 0 amide bonds. The van der Waals surface area contributed by atoms with Crippen LogP contribution in [0, 0.1) is 0 Å². The fraction of sp³-hybridized carbons (Fsp3) is 0.357. The van der Waals surface area contributed by atoms with Gasteiger partial charge in [-0.1, -0.05) is 54.4 Å². The van der Waals surface area contributed by atoms with Crippen molar-refractivity contribution in [1.29, 1.82) is 0 Å². The number of hydrogen-bond donors (Lipinski definition) is 2. The molecular formula is C28H31ClN2O3S. The zero-order chi connectivity index (χ0) is 24.3. The van der Waals surface area contributed by atoms with Crippen LogP contribution in [0.1, 0.15) is 48.4 Å². The third kappa shape index (κ3) is 5.35. The van der Waals surface area contributed by atoms with Crippen molar-refractivity contribution < 1.29 is 13.2 Å². The molecule has 2 N–H and O–H groups in total. The second-order valence-corrected chi connectivity index (χ2v) is 11.8. The lowest BCUT2D eigenvalue weighted by Gasteiger charge is -2.50. The number of ether oxygens (including phenoxy) is 1. The fourth-order valence-electron chi connectivity index (χ4n) is 5.37. The molecule has 2 aliphatic rings. The van der Waals surface area contributed by atoms with Crippen molar-refractivity contribution in [2.24, 2.45) is 0 Å². The molecule has 1 saturated carbocycles. The molecule has 1 atom stereocenters. The summed E-state index contributed by atoms with van der Waals surface area (Å²) in [6, 6.07) is 23.8. The predicted molar refractivity (Wildman–Crippen MR) is 142 cm³/mol. The zero-order valence-corrected chi connectivity index (χ0v) is 21.2. The van der Waals surface area contributed by atoms with Crippen molar-refractivity contribution in [3.8, 4) is 5.75 Å². The second kappa shape index (κ2) is 10.2. The summed E-state index contributed by atoms with van der Waals surface area (Å²) < 4.78 is 33.4. The molecule has 0 aromatic heterocycles. The smallest absolute Gasteiger partial charge is 0.232 e. The maximum atomic E-state index is 12.4. The molecule has 1 aliphatic heterocycles. The first-order chi connectivity index (χ1) is 17.0. The molecule has 1 unspecified atom stereocenters. The molecule has 35 heavy (non-hydrogen) atoms. The van der Waals surface area contributed by atoms with Crippen LogP contribution in [0.4, 0.5) is 5.69 Å². The van der Waals surface area contributed by atoms with Gasteiger partial charge in [0.1, 0.15) is 5.75 Å². The summed E-state index contributed by atoms with van der Waals surface area (Å²) in [5.74, 6) is 0.799. The summed E-state index contributed by atoms with van der Waals surface area (Å²) in [4.78, 5) is 0. The highest BCUT2D eigenvalue weighted by Crippen LogP contribution is 2.53. The number of anilines is 1. The number of benzene rings is 3. The molecule has 184 valence electrons. The van der Waals surface area contributed by atoms with E-state index in [0.29, 0.717) is 18.7 Å². The number of hydrogen-bond acceptors (Lipinski definition) is 4. The largest absolute Gasteiger partial charge is 0.494 e.